The van der Waals surface area contributed by atoms with Gasteiger partial charge in [0.05, 0.1) is 17.7 Å². The molecule has 4 nitrogen and oxygen atoms in total. The van der Waals surface area contributed by atoms with Gasteiger partial charge in [0.15, 0.2) is 11.5 Å². The van der Waals surface area contributed by atoms with Crippen LogP contribution < -0.4 is 9.64 Å². The summed E-state index contributed by atoms with van der Waals surface area (Å²) in [6, 6.07) is 14.6. The van der Waals surface area contributed by atoms with Crippen LogP contribution in [0.3, 0.4) is 0 Å². The van der Waals surface area contributed by atoms with Gasteiger partial charge in [-0.05, 0) is 37.5 Å². The van der Waals surface area contributed by atoms with Gasteiger partial charge in [-0.1, -0.05) is 38.0 Å². The average molecular weight is 359 g/mol. The smallest absolute Gasteiger partial charge is 0.162 e. The summed E-state index contributed by atoms with van der Waals surface area (Å²) in [6.07, 6.45) is 3.56. The highest BCUT2D eigenvalue weighted by Crippen LogP contribution is 2.45. The molecule has 5 heteroatoms. The zero-order valence-corrected chi connectivity index (χ0v) is 15.9. The molecule has 1 aliphatic rings. The van der Waals surface area contributed by atoms with Gasteiger partial charge in [0.2, 0.25) is 0 Å². The van der Waals surface area contributed by atoms with Crippen molar-refractivity contribution in [1.29, 1.82) is 0 Å². The molecule has 1 aliphatic heterocycles. The first-order valence-corrected chi connectivity index (χ1v) is 9.55. The van der Waals surface area contributed by atoms with E-state index in [1.54, 1.807) is 19.1 Å². The summed E-state index contributed by atoms with van der Waals surface area (Å²) in [5.41, 5.74) is 2.24. The monoisotopic (exact) mass is 358 g/mol. The molecular formula is C20H26N2O2S. The summed E-state index contributed by atoms with van der Waals surface area (Å²) in [6.45, 7) is 3.14. The van der Waals surface area contributed by atoms with Gasteiger partial charge in [-0.25, -0.2) is 4.31 Å². The number of anilines is 2. The van der Waals surface area contributed by atoms with Crippen LogP contribution in [0.5, 0.6) is 11.5 Å². The fraction of sp³-hybridized carbons (Fsp3) is 0.400. The molecule has 0 amide bonds. The number of unbranched alkanes of at least 4 members (excludes halogenated alkanes) is 1. The molecule has 1 unspecified atom stereocenters. The van der Waals surface area contributed by atoms with Crippen LogP contribution in [-0.2, 0) is 0 Å². The van der Waals surface area contributed by atoms with Crippen molar-refractivity contribution in [3.63, 3.8) is 0 Å². The first-order chi connectivity index (χ1) is 12.1. The Kier molecular flexibility index (Phi) is 5.76. The molecule has 0 saturated heterocycles. The van der Waals surface area contributed by atoms with Crippen molar-refractivity contribution in [1.82, 2.24) is 4.31 Å². The third-order valence-corrected chi connectivity index (χ3v) is 5.77. The predicted molar refractivity (Wildman–Crippen MR) is 105 cm³/mol. The molecule has 1 atom stereocenters. The number of benzene rings is 2. The van der Waals surface area contributed by atoms with Crippen molar-refractivity contribution < 1.29 is 9.84 Å². The standard InChI is InChI=1S/C20H26N2O2S/c1-4-5-9-16-14-22(15-10-7-6-8-11-15)17-12-19(24-3)18(23)13-20(17)25-21(16)2/h6-8,10-13,16,23H,4-5,9,14H2,1-3H3. The molecule has 2 aromatic rings. The largest absolute Gasteiger partial charge is 0.504 e. The lowest BCUT2D eigenvalue weighted by molar-refractivity contribution is 0.372. The SMILES string of the molecule is CCCCC1CN(c2ccccc2)c2cc(OC)c(O)cc2SN1C. The van der Waals surface area contributed by atoms with Crippen LogP contribution in [-0.4, -0.2) is 36.2 Å². The van der Waals surface area contributed by atoms with Crippen LogP contribution in [0.2, 0.25) is 0 Å². The number of aromatic hydroxyl groups is 1. The van der Waals surface area contributed by atoms with E-state index < -0.39 is 0 Å². The molecule has 3 rings (SSSR count). The molecule has 1 heterocycles. The van der Waals surface area contributed by atoms with E-state index in [2.05, 4.69) is 47.4 Å². The second kappa shape index (κ2) is 8.02. The number of para-hydroxylation sites is 1. The summed E-state index contributed by atoms with van der Waals surface area (Å²) < 4.78 is 7.68. The minimum absolute atomic E-state index is 0.183. The Morgan fingerprint density at radius 1 is 1.24 bits per heavy atom. The molecule has 0 radical (unpaired) electrons. The Balaban J connectivity index is 2.06. The zero-order chi connectivity index (χ0) is 17.8. The quantitative estimate of drug-likeness (QED) is 0.757. The van der Waals surface area contributed by atoms with Gasteiger partial charge >= 0.3 is 0 Å². The average Bonchev–Trinajstić information content (AvgIpc) is 2.76. The van der Waals surface area contributed by atoms with Gasteiger partial charge in [-0.2, -0.15) is 0 Å². The first kappa shape index (κ1) is 18.0. The second-order valence-corrected chi connectivity index (χ2v) is 7.57. The Hall–Kier alpha value is -1.85. The molecule has 0 aromatic heterocycles. The zero-order valence-electron chi connectivity index (χ0n) is 15.1. The van der Waals surface area contributed by atoms with Gasteiger partial charge in [0.25, 0.3) is 0 Å². The van der Waals surface area contributed by atoms with Crippen molar-refractivity contribution in [2.75, 3.05) is 25.6 Å². The van der Waals surface area contributed by atoms with Crippen LogP contribution in [0.25, 0.3) is 0 Å². The molecule has 25 heavy (non-hydrogen) atoms. The van der Waals surface area contributed by atoms with Gasteiger partial charge in [-0.15, -0.1) is 0 Å². The first-order valence-electron chi connectivity index (χ1n) is 8.78. The number of fused-ring (bicyclic) bond motifs is 1. The Morgan fingerprint density at radius 2 is 2.00 bits per heavy atom. The van der Waals surface area contributed by atoms with E-state index in [1.807, 2.05) is 18.2 Å². The van der Waals surface area contributed by atoms with E-state index in [-0.39, 0.29) is 5.75 Å². The van der Waals surface area contributed by atoms with Crippen molar-refractivity contribution in [2.24, 2.45) is 0 Å². The predicted octanol–water partition coefficient (Wildman–Crippen LogP) is 5.05. The summed E-state index contributed by atoms with van der Waals surface area (Å²) >= 11 is 1.70. The van der Waals surface area contributed by atoms with Crippen LogP contribution in [0.1, 0.15) is 26.2 Å². The number of methoxy groups -OCH3 is 1. The van der Waals surface area contributed by atoms with Gasteiger partial charge < -0.3 is 14.7 Å². The highest BCUT2D eigenvalue weighted by Gasteiger charge is 2.28. The van der Waals surface area contributed by atoms with E-state index in [9.17, 15) is 5.11 Å². The third-order valence-electron chi connectivity index (χ3n) is 4.66. The van der Waals surface area contributed by atoms with Gasteiger partial charge in [0.1, 0.15) is 0 Å². The number of hydrogen-bond acceptors (Lipinski definition) is 5. The van der Waals surface area contributed by atoms with Crippen LogP contribution >= 0.6 is 11.9 Å². The van der Waals surface area contributed by atoms with E-state index in [0.717, 1.165) is 29.2 Å². The van der Waals surface area contributed by atoms with Crippen LogP contribution in [0.15, 0.2) is 47.4 Å². The number of likely N-dealkylation sites (N-methyl/N-ethyl adjacent to an activating group) is 1. The third kappa shape index (κ3) is 3.88. The highest BCUT2D eigenvalue weighted by molar-refractivity contribution is 7.97. The van der Waals surface area contributed by atoms with Gasteiger partial charge in [0, 0.05) is 30.4 Å². The molecule has 2 aromatic carbocycles. The van der Waals surface area contributed by atoms with Crippen molar-refractivity contribution in [3.8, 4) is 11.5 Å². The van der Waals surface area contributed by atoms with E-state index in [4.69, 9.17) is 4.74 Å². The fourth-order valence-electron chi connectivity index (χ4n) is 3.21. The lowest BCUT2D eigenvalue weighted by Gasteiger charge is -2.30. The number of phenolic OH excluding ortho intramolecular Hbond substituents is 1. The van der Waals surface area contributed by atoms with Gasteiger partial charge in [-0.3, -0.25) is 0 Å². The van der Waals surface area contributed by atoms with Crippen molar-refractivity contribution >= 4 is 23.3 Å². The molecule has 1 N–H and O–H groups in total. The summed E-state index contributed by atoms with van der Waals surface area (Å²) in [5.74, 6) is 0.692. The van der Waals surface area contributed by atoms with Crippen LogP contribution in [0, 0.1) is 0 Å². The maximum Gasteiger partial charge on any atom is 0.162 e. The normalized spacial score (nSPS) is 17.9. The lowest BCUT2D eigenvalue weighted by atomic mass is 10.1. The molecule has 134 valence electrons. The Morgan fingerprint density at radius 3 is 2.68 bits per heavy atom. The molecule has 0 bridgehead atoms. The Labute approximate surface area is 154 Å². The van der Waals surface area contributed by atoms with E-state index >= 15 is 0 Å². The highest BCUT2D eigenvalue weighted by atomic mass is 32.2. The minimum atomic E-state index is 0.183. The topological polar surface area (TPSA) is 35.9 Å². The van der Waals surface area contributed by atoms with E-state index in [0.29, 0.717) is 11.8 Å². The molecule has 0 fully saturated rings. The number of phenols is 1. The maximum absolute atomic E-state index is 10.2. The molecule has 0 spiro atoms. The number of ether oxygens (including phenoxy) is 1. The summed E-state index contributed by atoms with van der Waals surface area (Å²) in [4.78, 5) is 3.39. The number of hydrogen-bond donors (Lipinski definition) is 1. The lowest BCUT2D eigenvalue weighted by Crippen LogP contribution is -2.35. The maximum atomic E-state index is 10.2. The summed E-state index contributed by atoms with van der Waals surface area (Å²) in [7, 11) is 3.73. The van der Waals surface area contributed by atoms with Crippen LogP contribution in [0.4, 0.5) is 11.4 Å². The second-order valence-electron chi connectivity index (χ2n) is 6.37. The molecule has 0 aliphatic carbocycles. The van der Waals surface area contributed by atoms with E-state index in [1.165, 1.54) is 12.8 Å². The number of rotatable bonds is 5. The number of nitrogens with zero attached hydrogens (tertiary/aromatic N) is 2. The Bertz CT molecular complexity index is 708. The van der Waals surface area contributed by atoms with Crippen molar-refractivity contribution in [2.45, 2.75) is 37.1 Å². The summed E-state index contributed by atoms with van der Waals surface area (Å²) in [5, 5.41) is 10.2. The molecular weight excluding hydrogens is 332 g/mol. The fourth-order valence-corrected chi connectivity index (χ4v) is 4.26. The molecule has 0 saturated carbocycles. The minimum Gasteiger partial charge on any atom is -0.504 e. The van der Waals surface area contributed by atoms with Crippen molar-refractivity contribution in [3.05, 3.63) is 42.5 Å².